The van der Waals surface area contributed by atoms with Crippen molar-refractivity contribution in [2.24, 2.45) is 5.11 Å². The number of azide groups is 1. The van der Waals surface area contributed by atoms with Gasteiger partial charge in [-0.3, -0.25) is 14.4 Å². The number of ether oxygens (including phenoxy) is 5. The van der Waals surface area contributed by atoms with E-state index in [9.17, 15) is 19.2 Å². The summed E-state index contributed by atoms with van der Waals surface area (Å²) in [5, 5.41) is 7.22. The van der Waals surface area contributed by atoms with Gasteiger partial charge in [-0.1, -0.05) is 0 Å². The lowest BCUT2D eigenvalue weighted by Crippen LogP contribution is -2.40. The van der Waals surface area contributed by atoms with E-state index in [0.29, 0.717) is 0 Å². The van der Waals surface area contributed by atoms with Crippen LogP contribution >= 0.6 is 0 Å². The van der Waals surface area contributed by atoms with Gasteiger partial charge in [-0.05, 0) is 10.6 Å². The first kappa shape index (κ1) is 22.6. The summed E-state index contributed by atoms with van der Waals surface area (Å²) in [4.78, 5) is 52.5. The van der Waals surface area contributed by atoms with E-state index in [4.69, 9.17) is 24.5 Å². The largest absolute Gasteiger partial charge is 0.463 e. The second-order valence-electron chi connectivity index (χ2n) is 5.88. The van der Waals surface area contributed by atoms with Crippen LogP contribution in [0, 0.1) is 0 Å². The molecule has 0 aromatic carbocycles. The molecule has 1 saturated heterocycles. The van der Waals surface area contributed by atoms with Gasteiger partial charge in [-0.15, -0.1) is 5.10 Å². The van der Waals surface area contributed by atoms with Gasteiger partial charge in [-0.25, -0.2) is 9.48 Å². The Labute approximate surface area is 168 Å². The molecule has 4 atom stereocenters. The lowest BCUT2D eigenvalue weighted by Gasteiger charge is -2.23. The zero-order chi connectivity index (χ0) is 22.4. The zero-order valence-corrected chi connectivity index (χ0v) is 16.4. The molecule has 0 radical (unpaired) electrons. The van der Waals surface area contributed by atoms with Crippen molar-refractivity contribution in [1.82, 2.24) is 14.8 Å². The number of hydrogen-bond donors (Lipinski definition) is 0. The molecule has 2 heterocycles. The van der Waals surface area contributed by atoms with Crippen molar-refractivity contribution in [2.45, 2.75) is 45.3 Å². The summed E-state index contributed by atoms with van der Waals surface area (Å²) >= 11 is 0. The van der Waals surface area contributed by atoms with Crippen LogP contribution in [-0.4, -0.2) is 70.7 Å². The topological polar surface area (TPSA) is 194 Å². The summed E-state index contributed by atoms with van der Waals surface area (Å²) in [5.74, 6) is -3.91. The summed E-state index contributed by atoms with van der Waals surface area (Å²) in [7, 11) is 1.09. The van der Waals surface area contributed by atoms with Crippen LogP contribution in [0.1, 0.15) is 37.6 Å². The van der Waals surface area contributed by atoms with Gasteiger partial charge in [0, 0.05) is 25.7 Å². The molecule has 1 fully saturated rings. The smallest absolute Gasteiger partial charge is 0.377 e. The van der Waals surface area contributed by atoms with E-state index < -0.39 is 60.2 Å². The minimum atomic E-state index is -1.34. The highest BCUT2D eigenvalue weighted by Gasteiger charge is 2.51. The molecule has 0 aliphatic carbocycles. The minimum Gasteiger partial charge on any atom is -0.463 e. The Hall–Kier alpha value is -3.71. The molecule has 0 saturated carbocycles. The highest BCUT2D eigenvalue weighted by atomic mass is 16.7. The van der Waals surface area contributed by atoms with Crippen molar-refractivity contribution in [1.29, 1.82) is 0 Å². The summed E-state index contributed by atoms with van der Waals surface area (Å²) < 4.78 is 26.5. The van der Waals surface area contributed by atoms with Crippen molar-refractivity contribution in [3.8, 4) is 0 Å². The second kappa shape index (κ2) is 9.67. The number of nitrogens with zero attached hydrogens (tertiary/aromatic N) is 6. The molecule has 15 nitrogen and oxygen atoms in total. The first-order chi connectivity index (χ1) is 14.2. The standard InChI is InChI=1S/C15H18N6O9/c1-6(22)27-5-9-10(28-7(2)23)11(29-8(3)24)13(30-9)21-15(18-20-16)17-12(19-21)14(25)26-4/h9-11,13H,5H2,1-4H3/t9-,10?,11?,13-/m1/s1. The molecule has 162 valence electrons. The van der Waals surface area contributed by atoms with Crippen LogP contribution in [0.2, 0.25) is 0 Å². The quantitative estimate of drug-likeness (QED) is 0.192. The number of carbonyl (C=O) groups is 4. The van der Waals surface area contributed by atoms with Crippen LogP contribution in [0.3, 0.4) is 0 Å². The Kier molecular flexibility index (Phi) is 7.27. The molecular weight excluding hydrogens is 408 g/mol. The van der Waals surface area contributed by atoms with E-state index in [-0.39, 0.29) is 6.61 Å². The first-order valence-electron chi connectivity index (χ1n) is 8.41. The molecule has 15 heteroatoms. The predicted molar refractivity (Wildman–Crippen MR) is 91.8 cm³/mol. The third-order valence-electron chi connectivity index (χ3n) is 3.70. The van der Waals surface area contributed by atoms with Gasteiger partial charge < -0.3 is 23.7 Å². The number of rotatable bonds is 7. The fraction of sp³-hybridized carbons (Fsp3) is 0.600. The maximum absolute atomic E-state index is 11.8. The normalized spacial score (nSPS) is 22.5. The summed E-state index contributed by atoms with van der Waals surface area (Å²) in [5.41, 5.74) is 8.78. The van der Waals surface area contributed by atoms with E-state index in [1.807, 2.05) is 0 Å². The number of hydrogen-bond acceptors (Lipinski definition) is 12. The third-order valence-corrected chi connectivity index (χ3v) is 3.70. The van der Waals surface area contributed by atoms with Crippen LogP contribution in [0.5, 0.6) is 0 Å². The molecule has 1 aliphatic rings. The van der Waals surface area contributed by atoms with Crippen LogP contribution < -0.4 is 0 Å². The van der Waals surface area contributed by atoms with Crippen molar-refractivity contribution in [2.75, 3.05) is 13.7 Å². The van der Waals surface area contributed by atoms with Crippen molar-refractivity contribution < 1.29 is 42.9 Å². The average Bonchev–Trinajstić information content (AvgIpc) is 3.21. The van der Waals surface area contributed by atoms with Crippen LogP contribution in [0.25, 0.3) is 10.4 Å². The van der Waals surface area contributed by atoms with Gasteiger partial charge in [0.25, 0.3) is 5.82 Å². The van der Waals surface area contributed by atoms with Crippen LogP contribution in [-0.2, 0) is 38.1 Å². The number of esters is 4. The Balaban J connectivity index is 2.51. The highest BCUT2D eigenvalue weighted by molar-refractivity contribution is 5.85. The van der Waals surface area contributed by atoms with Gasteiger partial charge >= 0.3 is 23.9 Å². The van der Waals surface area contributed by atoms with Crippen LogP contribution in [0.4, 0.5) is 5.95 Å². The second-order valence-corrected chi connectivity index (χ2v) is 5.88. The SMILES string of the molecule is COC(=O)c1nc(N=[N+]=[N-])n([C@@H]2O[C@H](COC(C)=O)C(OC(C)=O)C2OC(C)=O)n1. The maximum Gasteiger partial charge on any atom is 0.377 e. The van der Waals surface area contributed by atoms with Gasteiger partial charge in [0.2, 0.25) is 5.95 Å². The molecular formula is C15H18N6O9. The minimum absolute atomic E-state index is 0.350. The first-order valence-corrected chi connectivity index (χ1v) is 8.41. The fourth-order valence-corrected chi connectivity index (χ4v) is 2.66. The van der Waals surface area contributed by atoms with E-state index in [1.165, 1.54) is 0 Å². The predicted octanol–water partition coefficient (Wildman–Crippen LogP) is 0.330. The van der Waals surface area contributed by atoms with E-state index in [2.05, 4.69) is 24.8 Å². The Morgan fingerprint density at radius 3 is 2.30 bits per heavy atom. The molecule has 0 bridgehead atoms. The van der Waals surface area contributed by atoms with Gasteiger partial charge in [0.15, 0.2) is 18.4 Å². The average molecular weight is 426 g/mol. The monoisotopic (exact) mass is 426 g/mol. The molecule has 0 spiro atoms. The molecule has 0 amide bonds. The molecule has 1 aromatic rings. The lowest BCUT2D eigenvalue weighted by molar-refractivity contribution is -0.166. The van der Waals surface area contributed by atoms with E-state index >= 15 is 0 Å². The summed E-state index contributed by atoms with van der Waals surface area (Å²) in [6, 6.07) is 0. The third kappa shape index (κ3) is 5.21. The van der Waals surface area contributed by atoms with Gasteiger partial charge in [-0.2, -0.15) is 4.98 Å². The zero-order valence-electron chi connectivity index (χ0n) is 16.4. The number of carbonyl (C=O) groups excluding carboxylic acids is 4. The van der Waals surface area contributed by atoms with Gasteiger partial charge in [0.05, 0.1) is 7.11 Å². The number of aromatic nitrogens is 3. The maximum atomic E-state index is 11.8. The molecule has 30 heavy (non-hydrogen) atoms. The summed E-state index contributed by atoms with van der Waals surface area (Å²) in [6.07, 6.45) is -4.92. The molecule has 2 unspecified atom stereocenters. The van der Waals surface area contributed by atoms with E-state index in [0.717, 1.165) is 32.6 Å². The lowest BCUT2D eigenvalue weighted by atomic mass is 10.1. The Morgan fingerprint density at radius 2 is 1.77 bits per heavy atom. The molecule has 1 aromatic heterocycles. The van der Waals surface area contributed by atoms with E-state index in [1.54, 1.807) is 0 Å². The Bertz CT molecular complexity index is 893. The summed E-state index contributed by atoms with van der Waals surface area (Å²) in [6.45, 7) is 3.04. The molecule has 2 rings (SSSR count). The van der Waals surface area contributed by atoms with Crippen molar-refractivity contribution >= 4 is 29.8 Å². The molecule has 1 aliphatic heterocycles. The highest BCUT2D eigenvalue weighted by Crippen LogP contribution is 2.36. The molecule has 0 N–H and O–H groups in total. The fourth-order valence-electron chi connectivity index (χ4n) is 2.66. The van der Waals surface area contributed by atoms with Crippen LogP contribution in [0.15, 0.2) is 5.11 Å². The van der Waals surface area contributed by atoms with Gasteiger partial charge in [0.1, 0.15) is 12.7 Å². The number of methoxy groups -OCH3 is 1. The Morgan fingerprint density at radius 1 is 1.13 bits per heavy atom. The van der Waals surface area contributed by atoms with Crippen molar-refractivity contribution in [3.63, 3.8) is 0 Å². The van der Waals surface area contributed by atoms with Crippen molar-refractivity contribution in [3.05, 3.63) is 16.3 Å².